The first-order valence-electron chi connectivity index (χ1n) is 8.37. The summed E-state index contributed by atoms with van der Waals surface area (Å²) < 4.78 is 0. The number of hydrogen-bond donors (Lipinski definition) is 2. The van der Waals surface area contributed by atoms with Crippen LogP contribution in [0.1, 0.15) is 58.2 Å². The minimum atomic E-state index is -0.294. The molecule has 1 aromatic heterocycles. The average molecular weight is 427 g/mol. The Morgan fingerprint density at radius 2 is 1.59 bits per heavy atom. The van der Waals surface area contributed by atoms with Gasteiger partial charge in [0.05, 0.1) is 11.4 Å². The zero-order chi connectivity index (χ0) is 20.7. The van der Waals surface area contributed by atoms with Crippen LogP contribution in [0.2, 0.25) is 15.3 Å². The fraction of sp³-hybridized carbons (Fsp3) is 0.400. The second-order valence-corrected chi connectivity index (χ2v) is 9.51. The average Bonchev–Trinajstić information content (AvgIpc) is 2.52. The third-order valence-electron chi connectivity index (χ3n) is 4.21. The first kappa shape index (κ1) is 21.6. The van der Waals surface area contributed by atoms with Crippen LogP contribution in [-0.2, 0) is 10.8 Å². The van der Waals surface area contributed by atoms with Gasteiger partial charge < -0.3 is 10.4 Å². The number of nitriles is 1. The molecular formula is C20H22Cl3N3O. The topological polar surface area (TPSA) is 68.9 Å². The quantitative estimate of drug-likeness (QED) is 0.402. The van der Waals surface area contributed by atoms with Crippen molar-refractivity contribution in [1.82, 2.24) is 4.98 Å². The molecule has 1 heterocycles. The van der Waals surface area contributed by atoms with E-state index in [-0.39, 0.29) is 43.2 Å². The maximum atomic E-state index is 10.9. The number of aromatic nitrogens is 1. The number of phenolic OH excluding ortho intramolecular Hbond substituents is 1. The van der Waals surface area contributed by atoms with Gasteiger partial charge in [-0.1, -0.05) is 82.4 Å². The standard InChI is InChI=1S/C20H22Cl3N3O/c1-19(2,3)10-7-12(20(4,5)6)16(27)13(8-10)25-15-11(9-24)17(22)26-18(23)14(15)21/h7-8,27H,1-6H3,(H,25,26). The Balaban J connectivity index is 2.77. The van der Waals surface area contributed by atoms with Crippen LogP contribution >= 0.6 is 34.8 Å². The van der Waals surface area contributed by atoms with Crippen molar-refractivity contribution in [3.05, 3.63) is 44.2 Å². The minimum Gasteiger partial charge on any atom is -0.505 e. The molecule has 27 heavy (non-hydrogen) atoms. The van der Waals surface area contributed by atoms with Crippen molar-refractivity contribution in [2.75, 3.05) is 5.32 Å². The first-order valence-corrected chi connectivity index (χ1v) is 9.50. The van der Waals surface area contributed by atoms with Gasteiger partial charge in [0.1, 0.15) is 22.4 Å². The van der Waals surface area contributed by atoms with Gasteiger partial charge in [-0.05, 0) is 22.5 Å². The third-order valence-corrected chi connectivity index (χ3v) is 5.22. The highest BCUT2D eigenvalue weighted by atomic mass is 35.5. The summed E-state index contributed by atoms with van der Waals surface area (Å²) in [5, 5.41) is 23.4. The van der Waals surface area contributed by atoms with Crippen molar-refractivity contribution in [2.24, 2.45) is 0 Å². The molecule has 0 unspecified atom stereocenters. The zero-order valence-electron chi connectivity index (χ0n) is 16.1. The van der Waals surface area contributed by atoms with Crippen LogP contribution in [0.3, 0.4) is 0 Å². The number of pyridine rings is 1. The maximum Gasteiger partial charge on any atom is 0.151 e. The molecule has 0 saturated heterocycles. The van der Waals surface area contributed by atoms with E-state index >= 15 is 0 Å². The second-order valence-electron chi connectivity index (χ2n) is 8.41. The maximum absolute atomic E-state index is 10.9. The fourth-order valence-electron chi connectivity index (χ4n) is 2.60. The summed E-state index contributed by atoms with van der Waals surface area (Å²) in [5.74, 6) is 0.0829. The van der Waals surface area contributed by atoms with Gasteiger partial charge in [-0.2, -0.15) is 5.26 Å². The molecule has 1 aromatic carbocycles. The molecule has 0 bridgehead atoms. The molecule has 0 atom stereocenters. The Labute approximate surface area is 175 Å². The second kappa shape index (κ2) is 7.39. The van der Waals surface area contributed by atoms with Gasteiger partial charge in [0, 0.05) is 5.56 Å². The summed E-state index contributed by atoms with van der Waals surface area (Å²) >= 11 is 18.3. The molecule has 2 aromatic rings. The number of phenols is 1. The number of halogens is 3. The van der Waals surface area contributed by atoms with Gasteiger partial charge >= 0.3 is 0 Å². The van der Waals surface area contributed by atoms with Crippen molar-refractivity contribution >= 4 is 46.2 Å². The molecule has 0 aliphatic carbocycles. The SMILES string of the molecule is CC(C)(C)c1cc(Nc2c(Cl)c(Cl)nc(Cl)c2C#N)c(O)c(C(C)(C)C)c1. The summed E-state index contributed by atoms with van der Waals surface area (Å²) in [6.45, 7) is 12.3. The molecule has 7 heteroatoms. The van der Waals surface area contributed by atoms with Gasteiger partial charge in [-0.3, -0.25) is 0 Å². The van der Waals surface area contributed by atoms with Gasteiger partial charge in [0.2, 0.25) is 0 Å². The summed E-state index contributed by atoms with van der Waals surface area (Å²) in [4.78, 5) is 3.86. The molecule has 0 amide bonds. The van der Waals surface area contributed by atoms with Gasteiger partial charge in [0.25, 0.3) is 0 Å². The highest BCUT2D eigenvalue weighted by molar-refractivity contribution is 6.44. The highest BCUT2D eigenvalue weighted by Crippen LogP contribution is 2.44. The van der Waals surface area contributed by atoms with Crippen LogP contribution in [-0.4, -0.2) is 10.1 Å². The summed E-state index contributed by atoms with van der Waals surface area (Å²) in [7, 11) is 0. The summed E-state index contributed by atoms with van der Waals surface area (Å²) in [6.07, 6.45) is 0. The van der Waals surface area contributed by atoms with Crippen LogP contribution in [0.5, 0.6) is 5.75 Å². The predicted octanol–water partition coefficient (Wildman–Crippen LogP) is 6.96. The highest BCUT2D eigenvalue weighted by Gasteiger charge is 2.26. The molecule has 0 fully saturated rings. The Morgan fingerprint density at radius 3 is 2.07 bits per heavy atom. The Bertz CT molecular complexity index is 936. The lowest BCUT2D eigenvalue weighted by Gasteiger charge is -2.28. The van der Waals surface area contributed by atoms with E-state index in [4.69, 9.17) is 34.8 Å². The fourth-order valence-corrected chi connectivity index (χ4v) is 3.22. The van der Waals surface area contributed by atoms with Crippen molar-refractivity contribution in [3.8, 4) is 11.8 Å². The van der Waals surface area contributed by atoms with E-state index < -0.39 is 0 Å². The van der Waals surface area contributed by atoms with Crippen molar-refractivity contribution in [3.63, 3.8) is 0 Å². The number of benzene rings is 1. The smallest absolute Gasteiger partial charge is 0.151 e. The van der Waals surface area contributed by atoms with Crippen LogP contribution in [0.25, 0.3) is 0 Å². The summed E-state index contributed by atoms with van der Waals surface area (Å²) in [5.41, 5.74) is 2.04. The molecular weight excluding hydrogens is 405 g/mol. The normalized spacial score (nSPS) is 12.0. The van der Waals surface area contributed by atoms with Crippen molar-refractivity contribution in [1.29, 1.82) is 5.26 Å². The monoisotopic (exact) mass is 425 g/mol. The number of hydrogen-bond acceptors (Lipinski definition) is 4. The molecule has 144 valence electrons. The van der Waals surface area contributed by atoms with Gasteiger partial charge in [0.15, 0.2) is 10.3 Å². The van der Waals surface area contributed by atoms with Crippen LogP contribution in [0.15, 0.2) is 12.1 Å². The molecule has 0 aliphatic rings. The lowest BCUT2D eigenvalue weighted by molar-refractivity contribution is 0.447. The molecule has 2 N–H and O–H groups in total. The van der Waals surface area contributed by atoms with E-state index in [1.54, 1.807) is 0 Å². The van der Waals surface area contributed by atoms with Crippen LogP contribution in [0.4, 0.5) is 11.4 Å². The number of nitrogens with zero attached hydrogens (tertiary/aromatic N) is 2. The predicted molar refractivity (Wildman–Crippen MR) is 113 cm³/mol. The van der Waals surface area contributed by atoms with E-state index in [2.05, 4.69) is 31.1 Å². The zero-order valence-corrected chi connectivity index (χ0v) is 18.4. The van der Waals surface area contributed by atoms with E-state index in [0.717, 1.165) is 11.1 Å². The molecule has 0 saturated carbocycles. The minimum absolute atomic E-state index is 0.0225. The Morgan fingerprint density at radius 1 is 1.00 bits per heavy atom. The number of rotatable bonds is 2. The van der Waals surface area contributed by atoms with Gasteiger partial charge in [-0.25, -0.2) is 4.98 Å². The molecule has 0 spiro atoms. The molecule has 0 radical (unpaired) electrons. The van der Waals surface area contributed by atoms with Crippen molar-refractivity contribution in [2.45, 2.75) is 52.4 Å². The largest absolute Gasteiger partial charge is 0.505 e. The molecule has 2 rings (SSSR count). The van der Waals surface area contributed by atoms with Gasteiger partial charge in [-0.15, -0.1) is 0 Å². The Kier molecular flexibility index (Phi) is 5.92. The van der Waals surface area contributed by atoms with E-state index in [0.29, 0.717) is 5.69 Å². The molecule has 0 aliphatic heterocycles. The summed E-state index contributed by atoms with van der Waals surface area (Å²) in [6, 6.07) is 5.82. The van der Waals surface area contributed by atoms with Crippen molar-refractivity contribution < 1.29 is 5.11 Å². The number of aromatic hydroxyl groups is 1. The lowest BCUT2D eigenvalue weighted by Crippen LogP contribution is -2.17. The van der Waals surface area contributed by atoms with Crippen LogP contribution in [0, 0.1) is 11.3 Å². The lowest BCUT2D eigenvalue weighted by atomic mass is 9.79. The van der Waals surface area contributed by atoms with E-state index in [9.17, 15) is 10.4 Å². The number of anilines is 2. The van der Waals surface area contributed by atoms with E-state index in [1.807, 2.05) is 39.0 Å². The molecule has 4 nitrogen and oxygen atoms in total. The third kappa shape index (κ3) is 4.43. The Hall–Kier alpha value is -1.67. The van der Waals surface area contributed by atoms with E-state index in [1.165, 1.54) is 0 Å². The number of nitrogens with one attached hydrogen (secondary N) is 1. The first-order chi connectivity index (χ1) is 12.3. The van der Waals surface area contributed by atoms with Crippen LogP contribution < -0.4 is 5.32 Å².